The van der Waals surface area contributed by atoms with Crippen LogP contribution in [0, 0.1) is 5.41 Å². The highest BCUT2D eigenvalue weighted by atomic mass is 35.5. The van der Waals surface area contributed by atoms with Crippen LogP contribution in [0.25, 0.3) is 23.1 Å². The van der Waals surface area contributed by atoms with E-state index in [-0.39, 0.29) is 42.7 Å². The van der Waals surface area contributed by atoms with E-state index in [0.29, 0.717) is 10.8 Å². The molecule has 1 aliphatic rings. The number of nitrogens with two attached hydrogens (primary N) is 2. The van der Waals surface area contributed by atoms with E-state index in [1.54, 1.807) is 7.11 Å². The van der Waals surface area contributed by atoms with E-state index in [1.807, 2.05) is 54.6 Å². The van der Waals surface area contributed by atoms with Crippen molar-refractivity contribution < 1.29 is 4.74 Å². The fraction of sp³-hybridized carbons (Fsp3) is 0.261. The highest BCUT2D eigenvalue weighted by molar-refractivity contribution is 6.30. The Bertz CT molecular complexity index is 1140. The van der Waals surface area contributed by atoms with Gasteiger partial charge in [0.15, 0.2) is 5.82 Å². The molecular formula is C23H27Cl3N6O. The van der Waals surface area contributed by atoms with Crippen LogP contribution in [0.5, 0.6) is 5.75 Å². The first kappa shape index (κ1) is 26.7. The fourth-order valence-electron chi connectivity index (χ4n) is 4.15. The van der Waals surface area contributed by atoms with Crippen LogP contribution >= 0.6 is 36.4 Å². The molecule has 0 bridgehead atoms. The molecule has 1 fully saturated rings. The van der Waals surface area contributed by atoms with Crippen LogP contribution in [-0.2, 0) is 0 Å². The van der Waals surface area contributed by atoms with Gasteiger partial charge in [-0.1, -0.05) is 36.2 Å². The van der Waals surface area contributed by atoms with Gasteiger partial charge in [-0.05, 0) is 54.8 Å². The zero-order valence-corrected chi connectivity index (χ0v) is 20.5. The molecule has 1 aliphatic carbocycles. The molecule has 176 valence electrons. The first-order chi connectivity index (χ1) is 15.0. The lowest BCUT2D eigenvalue weighted by Crippen LogP contribution is -2.50. The van der Waals surface area contributed by atoms with Gasteiger partial charge in [-0.25, -0.2) is 15.8 Å². The largest absolute Gasteiger partial charge is 0.497 e. The minimum atomic E-state index is -0.143. The van der Waals surface area contributed by atoms with Gasteiger partial charge >= 0.3 is 0 Å². The highest BCUT2D eigenvalue weighted by Gasteiger charge is 2.35. The van der Waals surface area contributed by atoms with Crippen molar-refractivity contribution in [1.82, 2.24) is 15.0 Å². The number of hydrazine groups is 1. The third kappa shape index (κ3) is 5.86. The van der Waals surface area contributed by atoms with Gasteiger partial charge in [-0.15, -0.1) is 24.8 Å². The first-order valence-corrected chi connectivity index (χ1v) is 10.5. The Morgan fingerprint density at radius 3 is 2.52 bits per heavy atom. The summed E-state index contributed by atoms with van der Waals surface area (Å²) in [5, 5.41) is 10.7. The molecule has 2 aromatic carbocycles. The van der Waals surface area contributed by atoms with Crippen molar-refractivity contribution >= 4 is 65.4 Å². The van der Waals surface area contributed by atoms with Crippen LogP contribution in [0.3, 0.4) is 0 Å². The summed E-state index contributed by atoms with van der Waals surface area (Å²) in [6.45, 7) is 0. The molecule has 4 rings (SSSR count). The smallest absolute Gasteiger partial charge is 0.203 e. The highest BCUT2D eigenvalue weighted by Crippen LogP contribution is 2.39. The standard InChI is InChI=1S/C23H25ClN6O.2ClH/c1-31-16-10-11-19-18(13-16)22(17-3-2-4-20(17)30(27)23(25)26)29-21(28-19)12-7-14-5-8-15(24)9-6-14;;/h5-13,17,20H,2-4,27H2,1H3,(H3,25,26);2*1H/t17-,20+;;/m1../s1. The summed E-state index contributed by atoms with van der Waals surface area (Å²) < 4.78 is 5.43. The van der Waals surface area contributed by atoms with Gasteiger partial charge in [0.2, 0.25) is 5.96 Å². The summed E-state index contributed by atoms with van der Waals surface area (Å²) in [6.07, 6.45) is 6.61. The van der Waals surface area contributed by atoms with Crippen molar-refractivity contribution in [2.75, 3.05) is 7.11 Å². The number of aromatic nitrogens is 2. The van der Waals surface area contributed by atoms with Gasteiger partial charge in [0.25, 0.3) is 0 Å². The molecule has 0 aliphatic heterocycles. The number of ether oxygens (including phenoxy) is 1. The van der Waals surface area contributed by atoms with Gasteiger partial charge in [0.05, 0.1) is 24.4 Å². The first-order valence-electron chi connectivity index (χ1n) is 10.1. The monoisotopic (exact) mass is 508 g/mol. The Balaban J connectivity index is 0.00000193. The van der Waals surface area contributed by atoms with Gasteiger partial charge in [0, 0.05) is 16.3 Å². The average molecular weight is 510 g/mol. The van der Waals surface area contributed by atoms with E-state index in [0.717, 1.165) is 47.2 Å². The molecule has 0 saturated heterocycles. The number of fused-ring (bicyclic) bond motifs is 1. The second kappa shape index (κ2) is 11.5. The van der Waals surface area contributed by atoms with E-state index in [9.17, 15) is 0 Å². The number of nitrogens with zero attached hydrogens (tertiary/aromatic N) is 3. The molecule has 5 N–H and O–H groups in total. The van der Waals surface area contributed by atoms with Crippen LogP contribution in [0.4, 0.5) is 0 Å². The molecule has 7 nitrogen and oxygen atoms in total. The third-order valence-electron chi connectivity index (χ3n) is 5.71. The minimum absolute atomic E-state index is 0. The predicted octanol–water partition coefficient (Wildman–Crippen LogP) is 5.01. The SMILES string of the molecule is COc1ccc2nc(C=Cc3ccc(Cl)cc3)nc([C@@H]3CCC[C@@H]3N(N)C(=N)N)c2c1.Cl.Cl. The second-order valence-corrected chi connectivity index (χ2v) is 8.07. The molecular weight excluding hydrogens is 483 g/mol. The summed E-state index contributed by atoms with van der Waals surface area (Å²) in [6, 6.07) is 13.3. The molecule has 1 saturated carbocycles. The zero-order chi connectivity index (χ0) is 22.0. The molecule has 1 aromatic heterocycles. The zero-order valence-electron chi connectivity index (χ0n) is 18.1. The van der Waals surface area contributed by atoms with Crippen molar-refractivity contribution in [2.45, 2.75) is 31.2 Å². The Morgan fingerprint density at radius 1 is 1.12 bits per heavy atom. The third-order valence-corrected chi connectivity index (χ3v) is 5.96. The summed E-state index contributed by atoms with van der Waals surface area (Å²) in [7, 11) is 1.64. The van der Waals surface area contributed by atoms with E-state index in [4.69, 9.17) is 43.3 Å². The Hall–Kier alpha value is -2.58. The number of halogens is 3. The van der Waals surface area contributed by atoms with Crippen LogP contribution in [-0.4, -0.2) is 34.1 Å². The summed E-state index contributed by atoms with van der Waals surface area (Å²) >= 11 is 5.98. The van der Waals surface area contributed by atoms with Crippen molar-refractivity contribution in [3.05, 3.63) is 64.6 Å². The molecule has 0 amide bonds. The Labute approximate surface area is 210 Å². The topological polar surface area (TPSA) is 114 Å². The van der Waals surface area contributed by atoms with E-state index in [2.05, 4.69) is 0 Å². The van der Waals surface area contributed by atoms with Crippen LogP contribution < -0.4 is 16.3 Å². The van der Waals surface area contributed by atoms with Crippen LogP contribution in [0.2, 0.25) is 5.02 Å². The van der Waals surface area contributed by atoms with Gasteiger partial charge < -0.3 is 10.5 Å². The Morgan fingerprint density at radius 2 is 1.85 bits per heavy atom. The fourth-order valence-corrected chi connectivity index (χ4v) is 4.28. The molecule has 10 heteroatoms. The van der Waals surface area contributed by atoms with Crippen LogP contribution in [0.1, 0.15) is 42.3 Å². The summed E-state index contributed by atoms with van der Waals surface area (Å²) in [5.74, 6) is 7.37. The maximum atomic E-state index is 7.77. The maximum absolute atomic E-state index is 7.77. The maximum Gasteiger partial charge on any atom is 0.203 e. The quantitative estimate of drug-likeness (QED) is 0.193. The molecule has 0 unspecified atom stereocenters. The molecule has 2 atom stereocenters. The lowest BCUT2D eigenvalue weighted by molar-refractivity contribution is 0.294. The van der Waals surface area contributed by atoms with Gasteiger partial charge in [0.1, 0.15) is 5.75 Å². The molecule has 0 spiro atoms. The van der Waals surface area contributed by atoms with Gasteiger partial charge in [-0.2, -0.15) is 0 Å². The summed E-state index contributed by atoms with van der Waals surface area (Å²) in [4.78, 5) is 9.64. The van der Waals surface area contributed by atoms with Crippen molar-refractivity contribution in [1.29, 1.82) is 5.41 Å². The lowest BCUT2D eigenvalue weighted by atomic mass is 9.95. The van der Waals surface area contributed by atoms with Crippen molar-refractivity contribution in [3.8, 4) is 5.75 Å². The predicted molar refractivity (Wildman–Crippen MR) is 139 cm³/mol. The number of hydrogen-bond donors (Lipinski definition) is 3. The Kier molecular flexibility index (Phi) is 9.31. The second-order valence-electron chi connectivity index (χ2n) is 7.63. The molecule has 0 radical (unpaired) electrons. The van der Waals surface area contributed by atoms with E-state index < -0.39 is 0 Å². The normalized spacial score (nSPS) is 17.4. The average Bonchev–Trinajstić information content (AvgIpc) is 3.26. The van der Waals surface area contributed by atoms with Gasteiger partial charge in [-0.3, -0.25) is 10.4 Å². The number of rotatable bonds is 5. The lowest BCUT2D eigenvalue weighted by Gasteiger charge is -2.29. The van der Waals surface area contributed by atoms with Crippen molar-refractivity contribution in [3.63, 3.8) is 0 Å². The number of methoxy groups -OCH3 is 1. The minimum Gasteiger partial charge on any atom is -0.497 e. The molecule has 1 heterocycles. The van der Waals surface area contributed by atoms with E-state index >= 15 is 0 Å². The molecule has 33 heavy (non-hydrogen) atoms. The van der Waals surface area contributed by atoms with Crippen molar-refractivity contribution in [2.24, 2.45) is 11.6 Å². The summed E-state index contributed by atoms with van der Waals surface area (Å²) in [5.41, 5.74) is 8.42. The van der Waals surface area contributed by atoms with Crippen LogP contribution in [0.15, 0.2) is 42.5 Å². The number of guanidine groups is 1. The van der Waals surface area contributed by atoms with E-state index in [1.165, 1.54) is 5.01 Å². The number of benzene rings is 2. The number of nitrogens with one attached hydrogen (secondary N) is 1. The molecule has 3 aromatic rings. The number of hydrogen-bond acceptors (Lipinski definition) is 5.